The first-order valence-electron chi connectivity index (χ1n) is 9.85. The average Bonchev–Trinajstić information content (AvgIpc) is 2.51. The van der Waals surface area contributed by atoms with E-state index in [4.69, 9.17) is 9.47 Å². The summed E-state index contributed by atoms with van der Waals surface area (Å²) in [6, 6.07) is 3.53. The predicted octanol–water partition coefficient (Wildman–Crippen LogP) is 4.87. The van der Waals surface area contributed by atoms with E-state index < -0.39 is 53.4 Å². The Balaban J connectivity index is 3.42. The summed E-state index contributed by atoms with van der Waals surface area (Å²) < 4.78 is 69.1. The summed E-state index contributed by atoms with van der Waals surface area (Å²) in [4.78, 5) is 18.4. The van der Waals surface area contributed by atoms with Crippen LogP contribution in [0, 0.1) is 0 Å². The van der Waals surface area contributed by atoms with E-state index in [-0.39, 0.29) is 13.2 Å². The van der Waals surface area contributed by atoms with Crippen molar-refractivity contribution in [1.82, 2.24) is 0 Å². The number of aliphatic hydroxyl groups is 1. The summed E-state index contributed by atoms with van der Waals surface area (Å²) in [7, 11) is -8.37. The van der Waals surface area contributed by atoms with Gasteiger partial charge in [-0.05, 0) is 30.3 Å². The largest absolute Gasteiger partial charge is 0.573 e. The zero-order valence-corrected chi connectivity index (χ0v) is 21.9. The number of phosphoric ester groups is 1. The molecule has 0 radical (unpaired) electrons. The maximum absolute atomic E-state index is 12.7. The van der Waals surface area contributed by atoms with E-state index in [1.54, 1.807) is 0 Å². The smallest absolute Gasteiger partial charge is 0.406 e. The van der Waals surface area contributed by atoms with Crippen LogP contribution in [0.2, 0.25) is 51.4 Å². The van der Waals surface area contributed by atoms with Crippen molar-refractivity contribution >= 4 is 24.0 Å². The molecule has 0 aliphatic rings. The van der Waals surface area contributed by atoms with Crippen molar-refractivity contribution in [2.24, 2.45) is 0 Å². The molecule has 0 amide bonds. The second-order valence-electron chi connectivity index (χ2n) is 9.69. The lowest BCUT2D eigenvalue weighted by atomic mass is 10.1. The third-order valence-electron chi connectivity index (χ3n) is 4.04. The van der Waals surface area contributed by atoms with Crippen LogP contribution >= 0.6 is 7.82 Å². The average molecular weight is 521 g/mol. The van der Waals surface area contributed by atoms with Gasteiger partial charge in [0, 0.05) is 16.1 Å². The van der Waals surface area contributed by atoms with Crippen molar-refractivity contribution in [3.63, 3.8) is 0 Å². The lowest BCUT2D eigenvalue weighted by Gasteiger charge is -2.32. The van der Waals surface area contributed by atoms with Crippen LogP contribution < -0.4 is 9.26 Å². The van der Waals surface area contributed by atoms with E-state index in [2.05, 4.69) is 48.5 Å². The molecule has 3 N–H and O–H groups in total. The molecule has 186 valence electrons. The highest BCUT2D eigenvalue weighted by Gasteiger charge is 2.39. The van der Waals surface area contributed by atoms with Gasteiger partial charge in [0.25, 0.3) is 0 Å². The van der Waals surface area contributed by atoms with Gasteiger partial charge >= 0.3 is 20.2 Å². The normalized spacial score (nSPS) is 13.9. The SMILES string of the molecule is C[Si](C)(C)CCOC(O)(OCC[Si](C)(C)C)c1cc(OC(F)(F)F)ccc1OP(=O)(O)O. The number of hydrogen-bond donors (Lipinski definition) is 3. The first-order valence-corrected chi connectivity index (χ1v) is 18.8. The third-order valence-corrected chi connectivity index (χ3v) is 7.88. The van der Waals surface area contributed by atoms with E-state index in [0.717, 1.165) is 18.2 Å². The minimum absolute atomic E-state index is 0.00112. The van der Waals surface area contributed by atoms with Gasteiger partial charge in [0.2, 0.25) is 0 Å². The summed E-state index contributed by atoms with van der Waals surface area (Å²) in [5.74, 6) is -3.96. The zero-order valence-electron chi connectivity index (χ0n) is 19.0. The lowest BCUT2D eigenvalue weighted by molar-refractivity contribution is -0.370. The molecule has 0 atom stereocenters. The molecule has 0 unspecified atom stereocenters. The lowest BCUT2D eigenvalue weighted by Crippen LogP contribution is -2.37. The Morgan fingerprint density at radius 3 is 1.78 bits per heavy atom. The van der Waals surface area contributed by atoms with E-state index in [1.165, 1.54) is 0 Å². The number of hydrogen-bond acceptors (Lipinski definition) is 6. The van der Waals surface area contributed by atoms with Crippen LogP contribution in [0.15, 0.2) is 18.2 Å². The fraction of sp³-hybridized carbons (Fsp3) is 0.667. The fourth-order valence-electron chi connectivity index (χ4n) is 2.35. The zero-order chi connectivity index (χ0) is 25.0. The number of benzene rings is 1. The summed E-state index contributed by atoms with van der Waals surface area (Å²) >= 11 is 0. The topological polar surface area (TPSA) is 115 Å². The molecule has 1 aromatic carbocycles. The van der Waals surface area contributed by atoms with Crippen molar-refractivity contribution in [2.75, 3.05) is 13.2 Å². The molecule has 0 aromatic heterocycles. The van der Waals surface area contributed by atoms with Gasteiger partial charge < -0.3 is 23.8 Å². The molecule has 0 aliphatic heterocycles. The van der Waals surface area contributed by atoms with Crippen LogP contribution in [0.3, 0.4) is 0 Å². The number of alkyl halides is 3. The van der Waals surface area contributed by atoms with Gasteiger partial charge in [0.05, 0.1) is 18.8 Å². The summed E-state index contributed by atoms with van der Waals surface area (Å²) in [5, 5.41) is 11.2. The van der Waals surface area contributed by atoms with Crippen molar-refractivity contribution in [3.05, 3.63) is 23.8 Å². The van der Waals surface area contributed by atoms with Crippen molar-refractivity contribution in [1.29, 1.82) is 0 Å². The van der Waals surface area contributed by atoms with Gasteiger partial charge in [-0.1, -0.05) is 39.3 Å². The molecule has 0 fully saturated rings. The van der Waals surface area contributed by atoms with Crippen molar-refractivity contribution < 1.29 is 51.4 Å². The molecule has 0 heterocycles. The highest BCUT2D eigenvalue weighted by molar-refractivity contribution is 7.46. The molecular weight excluding hydrogens is 488 g/mol. The maximum atomic E-state index is 12.7. The van der Waals surface area contributed by atoms with E-state index in [1.807, 2.05) is 0 Å². The minimum Gasteiger partial charge on any atom is -0.406 e. The molecule has 8 nitrogen and oxygen atoms in total. The number of halogens is 3. The van der Waals surface area contributed by atoms with Crippen LogP contribution in [-0.4, -0.2) is 50.6 Å². The Labute approximate surface area is 187 Å². The van der Waals surface area contributed by atoms with Gasteiger partial charge in [-0.15, -0.1) is 13.2 Å². The minimum atomic E-state index is -5.12. The number of phosphoric acid groups is 1. The molecule has 0 bridgehead atoms. The Morgan fingerprint density at radius 1 is 0.938 bits per heavy atom. The molecule has 0 aliphatic carbocycles. The highest BCUT2D eigenvalue weighted by Crippen LogP contribution is 2.44. The van der Waals surface area contributed by atoms with E-state index in [0.29, 0.717) is 12.1 Å². The fourth-order valence-corrected chi connectivity index (χ4v) is 4.19. The second-order valence-corrected chi connectivity index (χ2v) is 22.1. The van der Waals surface area contributed by atoms with Crippen LogP contribution in [0.25, 0.3) is 0 Å². The first-order chi connectivity index (χ1) is 14.2. The molecule has 0 spiro atoms. The standard InChI is InChI=1S/C18H32F3O8PSi2/c1-31(2,3)11-9-26-17(22,27-10-12-32(4,5)6)15-13-14(28-18(19,20)21)7-8-16(15)29-30(23,24)25/h7-8,13,22H,9-12H2,1-6H3,(H2,23,24,25). The van der Waals surface area contributed by atoms with E-state index in [9.17, 15) is 32.6 Å². The van der Waals surface area contributed by atoms with Gasteiger partial charge in [-0.3, -0.25) is 9.79 Å². The van der Waals surface area contributed by atoms with Crippen LogP contribution in [0.1, 0.15) is 5.56 Å². The molecule has 32 heavy (non-hydrogen) atoms. The summed E-state index contributed by atoms with van der Waals surface area (Å²) in [5.41, 5.74) is -0.547. The molecule has 1 aromatic rings. The van der Waals surface area contributed by atoms with Crippen LogP contribution in [-0.2, 0) is 20.0 Å². The van der Waals surface area contributed by atoms with Gasteiger partial charge in [-0.25, -0.2) is 4.57 Å². The van der Waals surface area contributed by atoms with E-state index >= 15 is 0 Å². The monoisotopic (exact) mass is 520 g/mol. The predicted molar refractivity (Wildman–Crippen MR) is 118 cm³/mol. The molecule has 0 saturated heterocycles. The van der Waals surface area contributed by atoms with Gasteiger partial charge in [0.1, 0.15) is 11.5 Å². The van der Waals surface area contributed by atoms with Gasteiger partial charge in [0.15, 0.2) is 0 Å². The second kappa shape index (κ2) is 10.6. The van der Waals surface area contributed by atoms with Crippen molar-refractivity contribution in [3.8, 4) is 11.5 Å². The third kappa shape index (κ3) is 11.8. The summed E-state index contributed by atoms with van der Waals surface area (Å²) in [6.45, 7) is 12.3. The Bertz CT molecular complexity index is 783. The maximum Gasteiger partial charge on any atom is 0.573 e. The molecular formula is C18H32F3O8PSi2. The van der Waals surface area contributed by atoms with Crippen molar-refractivity contribution in [2.45, 2.75) is 63.7 Å². The molecule has 1 rings (SSSR count). The van der Waals surface area contributed by atoms with Crippen LogP contribution in [0.5, 0.6) is 11.5 Å². The quantitative estimate of drug-likeness (QED) is 0.203. The van der Waals surface area contributed by atoms with Gasteiger partial charge in [-0.2, -0.15) is 0 Å². The van der Waals surface area contributed by atoms with Crippen LogP contribution in [0.4, 0.5) is 13.2 Å². The Kier molecular flexibility index (Phi) is 9.60. The molecule has 14 heteroatoms. The Morgan fingerprint density at radius 2 is 1.41 bits per heavy atom. The molecule has 0 saturated carbocycles. The first kappa shape index (κ1) is 29.1. The Hall–Kier alpha value is -0.926. The summed E-state index contributed by atoms with van der Waals surface area (Å²) in [6.07, 6.45) is -5.03. The number of ether oxygens (including phenoxy) is 3. The number of rotatable bonds is 12. The highest BCUT2D eigenvalue weighted by atomic mass is 31.2.